The van der Waals surface area contributed by atoms with E-state index >= 15 is 0 Å². The molecule has 51 heavy (non-hydrogen) atoms. The van der Waals surface area contributed by atoms with E-state index in [0.29, 0.717) is 52.2 Å². The fourth-order valence-electron chi connectivity index (χ4n) is 5.71. The summed E-state index contributed by atoms with van der Waals surface area (Å²) in [4.78, 5) is 37.7. The first-order valence-corrected chi connectivity index (χ1v) is 16.1. The second-order valence-corrected chi connectivity index (χ2v) is 11.8. The lowest BCUT2D eigenvalue weighted by Gasteiger charge is -2.16. The van der Waals surface area contributed by atoms with Gasteiger partial charge in [0, 0.05) is 53.4 Å². The van der Waals surface area contributed by atoms with Gasteiger partial charge in [-0.05, 0) is 62.4 Å². The highest BCUT2D eigenvalue weighted by molar-refractivity contribution is 5.85. The van der Waals surface area contributed by atoms with Crippen LogP contribution in [0.2, 0.25) is 0 Å². The molecule has 0 aliphatic rings. The van der Waals surface area contributed by atoms with Crippen molar-refractivity contribution in [1.82, 2.24) is 24.7 Å². The van der Waals surface area contributed by atoms with Crippen LogP contribution in [0.25, 0.3) is 22.6 Å². The Balaban J connectivity index is 1.27. The number of aldehydes is 2. The Morgan fingerprint density at radius 1 is 0.745 bits per heavy atom. The van der Waals surface area contributed by atoms with Gasteiger partial charge < -0.3 is 24.4 Å². The second kappa shape index (κ2) is 15.3. The molecule has 258 valence electrons. The van der Waals surface area contributed by atoms with Crippen LogP contribution in [0.3, 0.4) is 0 Å². The number of nitrogens with zero attached hydrogens (tertiary/aromatic N) is 5. The van der Waals surface area contributed by atoms with Gasteiger partial charge in [0.05, 0.1) is 40.9 Å². The number of carbonyl (C=O) groups is 2. The zero-order valence-corrected chi connectivity index (χ0v) is 28.2. The van der Waals surface area contributed by atoms with Crippen molar-refractivity contribution < 1.29 is 34.0 Å². The Hall–Kier alpha value is -6.56. The van der Waals surface area contributed by atoms with Gasteiger partial charge in [-0.3, -0.25) is 24.2 Å². The summed E-state index contributed by atoms with van der Waals surface area (Å²) in [5, 5.41) is 25.8. The summed E-state index contributed by atoms with van der Waals surface area (Å²) in [5.41, 5.74) is 5.19. The number of hydrogen-bond acceptors (Lipinski definition) is 11. The van der Waals surface area contributed by atoms with Crippen LogP contribution in [0.5, 0.6) is 28.9 Å². The van der Waals surface area contributed by atoms with Gasteiger partial charge >= 0.3 is 0 Å². The monoisotopic (exact) mass is 685 g/mol. The minimum absolute atomic E-state index is 0.00991. The lowest BCUT2D eigenvalue weighted by Crippen LogP contribution is -2.08. The average Bonchev–Trinajstić information content (AvgIpc) is 3.65. The summed E-state index contributed by atoms with van der Waals surface area (Å²) >= 11 is 0. The van der Waals surface area contributed by atoms with E-state index in [2.05, 4.69) is 15.1 Å². The van der Waals surface area contributed by atoms with Crippen LogP contribution in [-0.2, 0) is 19.6 Å². The van der Waals surface area contributed by atoms with E-state index in [1.54, 1.807) is 55.0 Å². The van der Waals surface area contributed by atoms with E-state index in [0.717, 1.165) is 11.3 Å². The number of phenols is 2. The van der Waals surface area contributed by atoms with E-state index in [1.165, 1.54) is 13.2 Å². The van der Waals surface area contributed by atoms with Crippen molar-refractivity contribution in [3.8, 4) is 51.5 Å². The van der Waals surface area contributed by atoms with Crippen LogP contribution >= 0.6 is 0 Å². The van der Waals surface area contributed by atoms with E-state index in [1.807, 2.05) is 48.9 Å². The number of pyridine rings is 3. The Labute approximate surface area is 294 Å². The number of carbonyl (C=O) groups excluding carboxylic acids is 2. The average molecular weight is 686 g/mol. The summed E-state index contributed by atoms with van der Waals surface area (Å²) < 4.78 is 19.5. The van der Waals surface area contributed by atoms with Crippen LogP contribution in [0.4, 0.5) is 0 Å². The van der Waals surface area contributed by atoms with Gasteiger partial charge in [-0.1, -0.05) is 24.3 Å². The molecule has 0 bridgehead atoms. The van der Waals surface area contributed by atoms with Gasteiger partial charge in [0.1, 0.15) is 36.2 Å². The first-order valence-electron chi connectivity index (χ1n) is 16.1. The van der Waals surface area contributed by atoms with E-state index < -0.39 is 0 Å². The maximum absolute atomic E-state index is 12.3. The maximum Gasteiger partial charge on any atom is 0.222 e. The Morgan fingerprint density at radius 3 is 2.20 bits per heavy atom. The predicted molar refractivity (Wildman–Crippen MR) is 188 cm³/mol. The molecule has 2 N–H and O–H groups in total. The molecule has 12 heteroatoms. The third-order valence-electron chi connectivity index (χ3n) is 8.23. The van der Waals surface area contributed by atoms with Gasteiger partial charge in [-0.25, -0.2) is 4.98 Å². The van der Waals surface area contributed by atoms with Crippen molar-refractivity contribution in [3.63, 3.8) is 0 Å². The zero-order chi connectivity index (χ0) is 35.9. The molecule has 6 rings (SSSR count). The molecule has 0 aliphatic heterocycles. The van der Waals surface area contributed by atoms with Crippen molar-refractivity contribution in [3.05, 3.63) is 125 Å². The molecule has 0 spiro atoms. The molecule has 0 fully saturated rings. The molecule has 12 nitrogen and oxygen atoms in total. The number of aromatic nitrogens is 5. The molecular weight excluding hydrogens is 650 g/mol. The number of hydrogen-bond donors (Lipinski definition) is 2. The fraction of sp³-hybridized carbons (Fsp3) is 0.179. The minimum atomic E-state index is -0.216. The summed E-state index contributed by atoms with van der Waals surface area (Å²) in [7, 11) is 1.51. The summed E-state index contributed by atoms with van der Waals surface area (Å²) in [5.74, 6) is 0.377. The molecule has 0 radical (unpaired) electrons. The molecule has 0 aliphatic carbocycles. The largest absolute Gasteiger partial charge is 0.507 e. The highest BCUT2D eigenvalue weighted by atomic mass is 16.5. The zero-order valence-electron chi connectivity index (χ0n) is 28.2. The lowest BCUT2D eigenvalue weighted by molar-refractivity contribution is 0.110. The van der Waals surface area contributed by atoms with Crippen LogP contribution < -0.4 is 14.2 Å². The Bertz CT molecular complexity index is 2200. The van der Waals surface area contributed by atoms with Gasteiger partial charge in [-0.15, -0.1) is 0 Å². The van der Waals surface area contributed by atoms with Gasteiger partial charge in [0.2, 0.25) is 5.88 Å². The quantitative estimate of drug-likeness (QED) is 0.116. The fourth-order valence-corrected chi connectivity index (χ4v) is 5.71. The number of benzene rings is 2. The first kappa shape index (κ1) is 34.3. The van der Waals surface area contributed by atoms with E-state index in [4.69, 9.17) is 19.2 Å². The normalized spacial score (nSPS) is 11.0. The number of aromatic hydroxyl groups is 2. The van der Waals surface area contributed by atoms with E-state index in [9.17, 15) is 19.8 Å². The molecule has 0 unspecified atom stereocenters. The first-order chi connectivity index (χ1) is 24.8. The molecule has 6 aromatic rings. The number of rotatable bonds is 14. The highest BCUT2D eigenvalue weighted by Gasteiger charge is 2.20. The third-order valence-corrected chi connectivity index (χ3v) is 8.23. The molecular formula is C39H35N5O7. The number of ether oxygens (including phenoxy) is 3. The number of phenolic OH excluding ortho intramolecular Hbond substituents is 2. The summed E-state index contributed by atoms with van der Waals surface area (Å²) in [6, 6.07) is 20.8. The molecule has 2 aromatic carbocycles. The second-order valence-electron chi connectivity index (χ2n) is 11.8. The topological polar surface area (TPSA) is 159 Å². The molecule has 0 saturated carbocycles. The van der Waals surface area contributed by atoms with Crippen LogP contribution in [-0.4, -0.2) is 54.6 Å². The maximum atomic E-state index is 12.3. The Kier molecular flexibility index (Phi) is 10.3. The van der Waals surface area contributed by atoms with Gasteiger partial charge in [0.15, 0.2) is 12.6 Å². The van der Waals surface area contributed by atoms with Crippen molar-refractivity contribution in [2.45, 2.75) is 39.5 Å². The van der Waals surface area contributed by atoms with Crippen molar-refractivity contribution >= 4 is 12.6 Å². The SMILES string of the molecule is COc1ncccc1-c1nc(Cc2ccc(OCc3cccnc3-c3ccnn3C(C)C)c(C=O)c2O)ccc1COc1cccc(O)c1C=O. The van der Waals surface area contributed by atoms with Crippen molar-refractivity contribution in [2.75, 3.05) is 7.11 Å². The summed E-state index contributed by atoms with van der Waals surface area (Å²) in [6.45, 7) is 4.19. The van der Waals surface area contributed by atoms with Crippen LogP contribution in [0.1, 0.15) is 63.0 Å². The smallest absolute Gasteiger partial charge is 0.222 e. The van der Waals surface area contributed by atoms with Crippen molar-refractivity contribution in [1.29, 1.82) is 0 Å². The third kappa shape index (κ3) is 7.25. The standard InChI is InChI=1S/C39H35N5O7/c1-24(2)44-32(15-18-42-44)37-26(7-5-16-40-37)22-51-35-14-12-25(38(48)31(35)21-46)19-28-13-11-27(23-50-34-10-4-9-33(47)30(34)20-45)36(43-28)29-8-6-17-41-39(29)49-3/h4-18,20-21,24,47-48H,19,22-23H2,1-3H3. The molecule has 4 aromatic heterocycles. The van der Waals surface area contributed by atoms with E-state index in [-0.39, 0.29) is 59.8 Å². The lowest BCUT2D eigenvalue weighted by atomic mass is 10.0. The molecule has 0 saturated heterocycles. The summed E-state index contributed by atoms with van der Waals surface area (Å²) in [6.07, 6.45) is 6.32. The van der Waals surface area contributed by atoms with Gasteiger partial charge in [-0.2, -0.15) is 5.10 Å². The Morgan fingerprint density at radius 2 is 1.45 bits per heavy atom. The van der Waals surface area contributed by atoms with Crippen molar-refractivity contribution in [2.24, 2.45) is 0 Å². The van der Waals surface area contributed by atoms with Gasteiger partial charge in [0.25, 0.3) is 0 Å². The minimum Gasteiger partial charge on any atom is -0.507 e. The van der Waals surface area contributed by atoms with Crippen LogP contribution in [0, 0.1) is 0 Å². The predicted octanol–water partition coefficient (Wildman–Crippen LogP) is 6.78. The highest BCUT2D eigenvalue weighted by Crippen LogP contribution is 2.35. The molecule has 4 heterocycles. The molecule has 0 atom stereocenters. The number of methoxy groups -OCH3 is 1. The molecule has 0 amide bonds. The van der Waals surface area contributed by atoms with Crippen LogP contribution in [0.15, 0.2) is 91.4 Å².